The highest BCUT2D eigenvalue weighted by molar-refractivity contribution is 6.00. The normalized spacial score (nSPS) is 22.5. The Labute approximate surface area is 194 Å². The zero-order valence-corrected chi connectivity index (χ0v) is 19.5. The van der Waals surface area contributed by atoms with Crippen molar-refractivity contribution in [3.63, 3.8) is 0 Å². The molecular weight excluding hydrogens is 416 g/mol. The standard InChI is InChI=1S/C26H32N4O3/c1-26(2)15-19(31)22-20(16-26)33-25-23(21(22)18-7-4-3-5-8-18)24(27)30(17-28-25)10-6-9-29-11-13-32-14-12-29/h3-5,7-8,17,21,27H,6,9-16H2,1-2H3/t21-/m1/s1. The van der Waals surface area contributed by atoms with E-state index in [-0.39, 0.29) is 17.1 Å². The van der Waals surface area contributed by atoms with Gasteiger partial charge in [0.2, 0.25) is 5.88 Å². The van der Waals surface area contributed by atoms with Crippen molar-refractivity contribution < 1.29 is 14.3 Å². The van der Waals surface area contributed by atoms with Gasteiger partial charge in [-0.05, 0) is 17.4 Å². The SMILES string of the molecule is CC1(C)CC(=O)C2=C(C1)Oc1ncn(CCCN3CCOCC3)c(=N)c1[C@@H]2c1ccccc1. The number of hydrogen-bond acceptors (Lipinski definition) is 6. The first-order chi connectivity index (χ1) is 15.9. The maximum Gasteiger partial charge on any atom is 0.228 e. The molecule has 3 aliphatic rings. The summed E-state index contributed by atoms with van der Waals surface area (Å²) >= 11 is 0. The van der Waals surface area contributed by atoms with E-state index in [0.717, 1.165) is 50.6 Å². The summed E-state index contributed by atoms with van der Waals surface area (Å²) in [4.78, 5) is 20.4. The summed E-state index contributed by atoms with van der Waals surface area (Å²) in [5, 5.41) is 9.05. The molecule has 3 heterocycles. The van der Waals surface area contributed by atoms with E-state index in [4.69, 9.17) is 14.9 Å². The zero-order valence-electron chi connectivity index (χ0n) is 19.5. The summed E-state index contributed by atoms with van der Waals surface area (Å²) in [5.41, 5.74) is 2.63. The zero-order chi connectivity index (χ0) is 23.0. The Kier molecular flexibility index (Phi) is 5.93. The van der Waals surface area contributed by atoms with Crippen molar-refractivity contribution in [3.8, 4) is 5.88 Å². The molecule has 1 aromatic heterocycles. The van der Waals surface area contributed by atoms with Gasteiger partial charge in [-0.25, -0.2) is 4.98 Å². The largest absolute Gasteiger partial charge is 0.442 e. The van der Waals surface area contributed by atoms with Gasteiger partial charge >= 0.3 is 0 Å². The lowest BCUT2D eigenvalue weighted by Crippen LogP contribution is -2.38. The number of allylic oxidation sites excluding steroid dienone is 2. The number of carbonyl (C=O) groups excluding carboxylic acids is 1. The minimum atomic E-state index is -0.319. The fraction of sp³-hybridized carbons (Fsp3) is 0.500. The number of nitrogens with one attached hydrogen (secondary N) is 1. The quantitative estimate of drug-likeness (QED) is 0.760. The third-order valence-electron chi connectivity index (χ3n) is 6.87. The number of nitrogens with zero attached hydrogens (tertiary/aromatic N) is 3. The summed E-state index contributed by atoms with van der Waals surface area (Å²) in [6, 6.07) is 10.0. The molecule has 5 rings (SSSR count). The molecular formula is C26H32N4O3. The molecule has 1 aromatic carbocycles. The number of aromatic nitrogens is 2. The van der Waals surface area contributed by atoms with Crippen LogP contribution in [0.3, 0.4) is 0 Å². The van der Waals surface area contributed by atoms with Crippen LogP contribution in [0.2, 0.25) is 0 Å². The van der Waals surface area contributed by atoms with Crippen molar-refractivity contribution in [1.29, 1.82) is 5.41 Å². The molecule has 0 amide bonds. The van der Waals surface area contributed by atoms with Crippen molar-refractivity contribution in [2.24, 2.45) is 5.41 Å². The Balaban J connectivity index is 1.50. The molecule has 0 bridgehead atoms. The summed E-state index contributed by atoms with van der Waals surface area (Å²) in [6.07, 6.45) is 3.82. The van der Waals surface area contributed by atoms with Crippen molar-refractivity contribution in [2.75, 3.05) is 32.8 Å². The van der Waals surface area contributed by atoms with E-state index in [1.54, 1.807) is 6.33 Å². The number of fused-ring (bicyclic) bond motifs is 1. The number of ketones is 1. The molecule has 1 atom stereocenters. The summed E-state index contributed by atoms with van der Waals surface area (Å²) in [5.74, 6) is 0.972. The highest BCUT2D eigenvalue weighted by Crippen LogP contribution is 2.48. The van der Waals surface area contributed by atoms with E-state index in [1.807, 2.05) is 34.9 Å². The van der Waals surface area contributed by atoms with Crippen LogP contribution in [0.5, 0.6) is 5.88 Å². The minimum Gasteiger partial charge on any atom is -0.442 e. The highest BCUT2D eigenvalue weighted by Gasteiger charge is 2.43. The van der Waals surface area contributed by atoms with Gasteiger partial charge in [0.05, 0.1) is 18.8 Å². The van der Waals surface area contributed by atoms with Crippen molar-refractivity contribution in [1.82, 2.24) is 14.5 Å². The number of ether oxygens (including phenoxy) is 2. The van der Waals surface area contributed by atoms with Crippen LogP contribution >= 0.6 is 0 Å². The molecule has 0 unspecified atom stereocenters. The Hall–Kier alpha value is -2.77. The maximum atomic E-state index is 13.3. The number of hydrogen-bond donors (Lipinski definition) is 1. The molecule has 7 heteroatoms. The van der Waals surface area contributed by atoms with E-state index in [9.17, 15) is 4.79 Å². The number of benzene rings is 1. The molecule has 33 heavy (non-hydrogen) atoms. The molecule has 174 valence electrons. The van der Waals surface area contributed by atoms with Gasteiger partial charge in [0.25, 0.3) is 0 Å². The number of carbonyl (C=O) groups is 1. The fourth-order valence-electron chi connectivity index (χ4n) is 5.24. The molecule has 0 radical (unpaired) electrons. The molecule has 1 aliphatic carbocycles. The maximum absolute atomic E-state index is 13.3. The van der Waals surface area contributed by atoms with Gasteiger partial charge in [-0.1, -0.05) is 44.2 Å². The summed E-state index contributed by atoms with van der Waals surface area (Å²) in [7, 11) is 0. The molecule has 1 saturated heterocycles. The smallest absolute Gasteiger partial charge is 0.228 e. The van der Waals surface area contributed by atoms with Crippen molar-refractivity contribution in [3.05, 3.63) is 64.6 Å². The Morgan fingerprint density at radius 2 is 1.88 bits per heavy atom. The molecule has 2 aromatic rings. The lowest BCUT2D eigenvalue weighted by atomic mass is 9.70. The van der Waals surface area contributed by atoms with Crippen LogP contribution in [-0.2, 0) is 16.1 Å². The summed E-state index contributed by atoms with van der Waals surface area (Å²) < 4.78 is 13.5. The van der Waals surface area contributed by atoms with Crippen LogP contribution in [0, 0.1) is 10.8 Å². The lowest BCUT2D eigenvalue weighted by Gasteiger charge is -2.38. The number of Topliss-reactive ketones (excluding diaryl/α,β-unsaturated/α-hetero) is 1. The number of morpholine rings is 1. The first kappa shape index (κ1) is 22.0. The minimum absolute atomic E-state index is 0.114. The fourth-order valence-corrected chi connectivity index (χ4v) is 5.24. The van der Waals surface area contributed by atoms with Gasteiger partial charge in [-0.3, -0.25) is 15.1 Å². The number of aryl methyl sites for hydroxylation is 1. The van der Waals surface area contributed by atoms with Crippen molar-refractivity contribution >= 4 is 5.78 Å². The van der Waals surface area contributed by atoms with Crippen molar-refractivity contribution in [2.45, 2.75) is 45.6 Å². The average molecular weight is 449 g/mol. The van der Waals surface area contributed by atoms with Gasteiger partial charge in [0.15, 0.2) is 5.78 Å². The van der Waals surface area contributed by atoms with Crippen LogP contribution in [0.4, 0.5) is 0 Å². The van der Waals surface area contributed by atoms with E-state index in [2.05, 4.69) is 23.7 Å². The second kappa shape index (κ2) is 8.88. The Morgan fingerprint density at radius 1 is 1.12 bits per heavy atom. The lowest BCUT2D eigenvalue weighted by molar-refractivity contribution is -0.118. The van der Waals surface area contributed by atoms with E-state index in [0.29, 0.717) is 41.9 Å². The topological polar surface area (TPSA) is 80.4 Å². The van der Waals surface area contributed by atoms with Crippen LogP contribution in [0.15, 0.2) is 48.0 Å². The van der Waals surface area contributed by atoms with Crippen LogP contribution in [-0.4, -0.2) is 53.1 Å². The van der Waals surface area contributed by atoms with E-state index >= 15 is 0 Å². The molecule has 0 saturated carbocycles. The predicted octanol–water partition coefficient (Wildman–Crippen LogP) is 3.25. The van der Waals surface area contributed by atoms with Gasteiger partial charge in [0.1, 0.15) is 17.6 Å². The van der Waals surface area contributed by atoms with Crippen LogP contribution in [0.25, 0.3) is 0 Å². The predicted molar refractivity (Wildman–Crippen MR) is 124 cm³/mol. The second-order valence-electron chi connectivity index (χ2n) is 10.0. The van der Waals surface area contributed by atoms with Crippen LogP contribution < -0.4 is 10.2 Å². The van der Waals surface area contributed by atoms with E-state index in [1.165, 1.54) is 0 Å². The summed E-state index contributed by atoms with van der Waals surface area (Å²) in [6.45, 7) is 9.36. The molecule has 1 fully saturated rings. The van der Waals surface area contributed by atoms with E-state index < -0.39 is 0 Å². The van der Waals surface area contributed by atoms with Crippen LogP contribution in [0.1, 0.15) is 50.2 Å². The molecule has 1 N–H and O–H groups in total. The molecule has 7 nitrogen and oxygen atoms in total. The molecule has 0 spiro atoms. The molecule has 2 aliphatic heterocycles. The van der Waals surface area contributed by atoms with Gasteiger partial charge in [-0.15, -0.1) is 0 Å². The highest BCUT2D eigenvalue weighted by atomic mass is 16.5. The second-order valence-corrected chi connectivity index (χ2v) is 10.0. The first-order valence-electron chi connectivity index (χ1n) is 11.9. The van der Waals surface area contributed by atoms with Gasteiger partial charge in [-0.2, -0.15) is 0 Å². The third-order valence-corrected chi connectivity index (χ3v) is 6.87. The Morgan fingerprint density at radius 3 is 2.64 bits per heavy atom. The Bertz CT molecular complexity index is 1130. The van der Waals surface area contributed by atoms with Gasteiger partial charge in [0, 0.05) is 50.5 Å². The third kappa shape index (κ3) is 4.39. The monoisotopic (exact) mass is 448 g/mol. The average Bonchev–Trinajstić information content (AvgIpc) is 2.80. The first-order valence-corrected chi connectivity index (χ1v) is 11.9. The number of rotatable bonds is 5. The van der Waals surface area contributed by atoms with Gasteiger partial charge < -0.3 is 14.0 Å².